The minimum absolute atomic E-state index is 0.0411. The molecule has 6 nitrogen and oxygen atoms in total. The van der Waals surface area contributed by atoms with Gasteiger partial charge in [0.2, 0.25) is 0 Å². The van der Waals surface area contributed by atoms with E-state index in [9.17, 15) is 14.9 Å². The Hall–Kier alpha value is -2.11. The van der Waals surface area contributed by atoms with E-state index in [4.69, 9.17) is 5.73 Å². The van der Waals surface area contributed by atoms with Crippen LogP contribution in [-0.2, 0) is 0 Å². The van der Waals surface area contributed by atoms with Gasteiger partial charge in [-0.25, -0.2) is 0 Å². The summed E-state index contributed by atoms with van der Waals surface area (Å²) in [5.74, 6) is -0.368. The van der Waals surface area contributed by atoms with Crippen LogP contribution in [0.1, 0.15) is 37.0 Å². The van der Waals surface area contributed by atoms with Crippen molar-refractivity contribution in [3.05, 3.63) is 33.9 Å². The van der Waals surface area contributed by atoms with Gasteiger partial charge < -0.3 is 10.6 Å². The summed E-state index contributed by atoms with van der Waals surface area (Å²) in [6.07, 6.45) is 1.60. The van der Waals surface area contributed by atoms with Crippen LogP contribution < -0.4 is 5.73 Å². The van der Waals surface area contributed by atoms with Gasteiger partial charge in [-0.2, -0.15) is 0 Å². The summed E-state index contributed by atoms with van der Waals surface area (Å²) >= 11 is 0. The molecule has 1 rings (SSSR count). The zero-order valence-electron chi connectivity index (χ0n) is 11.4. The zero-order chi connectivity index (χ0) is 14.6. The minimum atomic E-state index is -0.562. The van der Waals surface area contributed by atoms with E-state index in [1.807, 2.05) is 13.8 Å². The number of nitrogens with two attached hydrogens (primary N) is 1. The van der Waals surface area contributed by atoms with Crippen molar-refractivity contribution in [3.8, 4) is 0 Å². The SMILES string of the molecule is CCC(CC)N(C)C(=O)c1cc(N)ccc1[N+](=O)[O-]. The molecule has 0 heterocycles. The van der Waals surface area contributed by atoms with Gasteiger partial charge in [0.15, 0.2) is 0 Å². The van der Waals surface area contributed by atoms with Crippen LogP contribution in [0.4, 0.5) is 11.4 Å². The van der Waals surface area contributed by atoms with Crippen LogP contribution in [0, 0.1) is 10.1 Å². The lowest BCUT2D eigenvalue weighted by molar-refractivity contribution is -0.385. The Morgan fingerprint density at radius 2 is 2.00 bits per heavy atom. The maximum atomic E-state index is 12.3. The van der Waals surface area contributed by atoms with Gasteiger partial charge in [0.1, 0.15) is 5.56 Å². The molecule has 1 aromatic carbocycles. The molecule has 0 aliphatic carbocycles. The average molecular weight is 265 g/mol. The number of rotatable bonds is 5. The lowest BCUT2D eigenvalue weighted by atomic mass is 10.1. The van der Waals surface area contributed by atoms with E-state index in [1.165, 1.54) is 18.2 Å². The topological polar surface area (TPSA) is 89.5 Å². The fourth-order valence-corrected chi connectivity index (χ4v) is 2.08. The molecular weight excluding hydrogens is 246 g/mol. The molecule has 0 aliphatic heterocycles. The van der Waals surface area contributed by atoms with Gasteiger partial charge in [0, 0.05) is 24.8 Å². The molecule has 0 bridgehead atoms. The molecule has 0 unspecified atom stereocenters. The molecule has 6 heteroatoms. The molecule has 0 aromatic heterocycles. The number of carbonyl (C=O) groups excluding carboxylic acids is 1. The summed E-state index contributed by atoms with van der Waals surface area (Å²) in [6, 6.07) is 4.11. The summed E-state index contributed by atoms with van der Waals surface area (Å²) in [6.45, 7) is 3.96. The molecule has 0 atom stereocenters. The number of hydrogen-bond acceptors (Lipinski definition) is 4. The highest BCUT2D eigenvalue weighted by Crippen LogP contribution is 2.23. The Labute approximate surface area is 112 Å². The summed E-state index contributed by atoms with van der Waals surface area (Å²) in [5, 5.41) is 11.0. The fourth-order valence-electron chi connectivity index (χ4n) is 2.08. The van der Waals surface area contributed by atoms with Crippen molar-refractivity contribution < 1.29 is 9.72 Å². The number of nitro benzene ring substituents is 1. The smallest absolute Gasteiger partial charge is 0.282 e. The third-order valence-corrected chi connectivity index (χ3v) is 3.26. The van der Waals surface area contributed by atoms with Gasteiger partial charge in [0.25, 0.3) is 11.6 Å². The van der Waals surface area contributed by atoms with E-state index in [2.05, 4.69) is 0 Å². The third kappa shape index (κ3) is 3.21. The number of hydrogen-bond donors (Lipinski definition) is 1. The van der Waals surface area contributed by atoms with E-state index in [1.54, 1.807) is 11.9 Å². The number of anilines is 1. The number of nitro groups is 1. The molecule has 1 aromatic rings. The van der Waals surface area contributed by atoms with Crippen LogP contribution in [0.5, 0.6) is 0 Å². The summed E-state index contributed by atoms with van der Waals surface area (Å²) < 4.78 is 0. The van der Waals surface area contributed by atoms with Gasteiger partial charge in [-0.3, -0.25) is 14.9 Å². The van der Waals surface area contributed by atoms with Gasteiger partial charge in [-0.15, -0.1) is 0 Å². The van der Waals surface area contributed by atoms with E-state index in [0.717, 1.165) is 12.8 Å². The second kappa shape index (κ2) is 6.17. The molecule has 0 saturated carbocycles. The highest BCUT2D eigenvalue weighted by Gasteiger charge is 2.25. The molecule has 19 heavy (non-hydrogen) atoms. The van der Waals surface area contributed by atoms with Crippen molar-refractivity contribution in [2.75, 3.05) is 12.8 Å². The molecule has 0 spiro atoms. The Morgan fingerprint density at radius 3 is 2.47 bits per heavy atom. The molecule has 104 valence electrons. The number of nitrogens with zero attached hydrogens (tertiary/aromatic N) is 2. The molecule has 2 N–H and O–H groups in total. The van der Waals surface area contributed by atoms with E-state index >= 15 is 0 Å². The summed E-state index contributed by atoms with van der Waals surface area (Å²) in [7, 11) is 1.66. The predicted octanol–water partition coefficient (Wildman–Crippen LogP) is 2.44. The normalized spacial score (nSPS) is 10.5. The van der Waals surface area contributed by atoms with Crippen LogP contribution in [0.2, 0.25) is 0 Å². The van der Waals surface area contributed by atoms with Crippen LogP contribution >= 0.6 is 0 Å². The van der Waals surface area contributed by atoms with Gasteiger partial charge in [0.05, 0.1) is 4.92 Å². The van der Waals surface area contributed by atoms with Gasteiger partial charge >= 0.3 is 0 Å². The maximum Gasteiger partial charge on any atom is 0.282 e. The lowest BCUT2D eigenvalue weighted by Crippen LogP contribution is -2.36. The van der Waals surface area contributed by atoms with E-state index in [0.29, 0.717) is 5.69 Å². The third-order valence-electron chi connectivity index (χ3n) is 3.26. The first-order valence-corrected chi connectivity index (χ1v) is 6.23. The van der Waals surface area contributed by atoms with Crippen molar-refractivity contribution in [1.82, 2.24) is 4.90 Å². The zero-order valence-corrected chi connectivity index (χ0v) is 11.4. The van der Waals surface area contributed by atoms with Gasteiger partial charge in [-0.1, -0.05) is 13.8 Å². The number of benzene rings is 1. The number of carbonyl (C=O) groups is 1. The van der Waals surface area contributed by atoms with Crippen LogP contribution in [-0.4, -0.2) is 28.8 Å². The Kier molecular flexibility index (Phi) is 4.86. The van der Waals surface area contributed by atoms with Crippen LogP contribution in [0.3, 0.4) is 0 Å². The summed E-state index contributed by atoms with van der Waals surface area (Å²) in [5.41, 5.74) is 5.78. The number of amides is 1. The molecular formula is C13H19N3O3. The monoisotopic (exact) mass is 265 g/mol. The Bertz CT molecular complexity index is 484. The maximum absolute atomic E-state index is 12.3. The van der Waals surface area contributed by atoms with Crippen LogP contribution in [0.15, 0.2) is 18.2 Å². The molecule has 0 radical (unpaired) electrons. The van der Waals surface area contributed by atoms with Crippen molar-refractivity contribution >= 4 is 17.3 Å². The first-order valence-electron chi connectivity index (χ1n) is 6.23. The van der Waals surface area contributed by atoms with E-state index in [-0.39, 0.29) is 23.2 Å². The Balaban J connectivity index is 3.18. The standard InChI is InChI=1S/C13H19N3O3/c1-4-10(5-2)15(3)13(17)11-8-9(14)6-7-12(11)16(18)19/h6-8,10H,4-5,14H2,1-3H3. The van der Waals surface area contributed by atoms with Crippen LogP contribution in [0.25, 0.3) is 0 Å². The lowest BCUT2D eigenvalue weighted by Gasteiger charge is -2.26. The van der Waals surface area contributed by atoms with Gasteiger partial charge in [-0.05, 0) is 25.0 Å². The van der Waals surface area contributed by atoms with Crippen molar-refractivity contribution in [2.45, 2.75) is 32.7 Å². The summed E-state index contributed by atoms with van der Waals surface area (Å²) in [4.78, 5) is 24.3. The van der Waals surface area contributed by atoms with Crippen molar-refractivity contribution in [1.29, 1.82) is 0 Å². The first-order chi connectivity index (χ1) is 8.92. The second-order valence-electron chi connectivity index (χ2n) is 4.42. The quantitative estimate of drug-likeness (QED) is 0.503. The predicted molar refractivity (Wildman–Crippen MR) is 74.0 cm³/mol. The average Bonchev–Trinajstić information content (AvgIpc) is 2.38. The highest BCUT2D eigenvalue weighted by molar-refractivity contribution is 5.99. The van der Waals surface area contributed by atoms with Crippen molar-refractivity contribution in [3.63, 3.8) is 0 Å². The molecule has 1 amide bonds. The minimum Gasteiger partial charge on any atom is -0.399 e. The Morgan fingerprint density at radius 1 is 1.42 bits per heavy atom. The molecule has 0 saturated heterocycles. The fraction of sp³-hybridized carbons (Fsp3) is 0.462. The molecule has 0 fully saturated rings. The molecule has 0 aliphatic rings. The number of nitrogen functional groups attached to an aromatic ring is 1. The van der Waals surface area contributed by atoms with Crippen molar-refractivity contribution in [2.24, 2.45) is 0 Å². The second-order valence-corrected chi connectivity index (χ2v) is 4.42. The first kappa shape index (κ1) is 14.9. The van der Waals surface area contributed by atoms with E-state index < -0.39 is 4.92 Å². The highest BCUT2D eigenvalue weighted by atomic mass is 16.6. The largest absolute Gasteiger partial charge is 0.399 e.